The maximum absolute atomic E-state index is 13.1. The van der Waals surface area contributed by atoms with Gasteiger partial charge >= 0.3 is 12.3 Å². The van der Waals surface area contributed by atoms with Gasteiger partial charge in [0.2, 0.25) is 0 Å². The molecule has 6 nitrogen and oxygen atoms in total. The van der Waals surface area contributed by atoms with Crippen LogP contribution in [0.3, 0.4) is 0 Å². The lowest BCUT2D eigenvalue weighted by molar-refractivity contribution is -0.286. The molecule has 0 saturated heterocycles. The molecule has 0 amide bonds. The van der Waals surface area contributed by atoms with Crippen molar-refractivity contribution in [3.63, 3.8) is 0 Å². The van der Waals surface area contributed by atoms with Gasteiger partial charge in [-0.25, -0.2) is 4.79 Å². The molecule has 0 saturated carbocycles. The molecule has 0 aliphatic carbocycles. The summed E-state index contributed by atoms with van der Waals surface area (Å²) in [4.78, 5) is 11.2. The fourth-order valence-corrected chi connectivity index (χ4v) is 2.00. The molecule has 0 radical (unpaired) electrons. The minimum absolute atomic E-state index is 0.0400. The average molecular weight is 282 g/mol. The summed E-state index contributed by atoms with van der Waals surface area (Å²) in [6.07, 6.45) is -2.48. The van der Waals surface area contributed by atoms with Crippen molar-refractivity contribution >= 4 is 5.97 Å². The number of hydrogen-bond donors (Lipinski definition) is 1. The number of carboxylic acid groups (broad SMARTS) is 1. The number of aryl methyl sites for hydroxylation is 1. The number of rotatable bonds is 2. The van der Waals surface area contributed by atoms with E-state index in [-0.39, 0.29) is 28.3 Å². The Labute approximate surface area is 111 Å². The molecule has 20 heavy (non-hydrogen) atoms. The summed E-state index contributed by atoms with van der Waals surface area (Å²) in [6, 6.07) is 4.21. The molecule has 104 valence electrons. The SMILES string of the molecule is Cn1cc(C(=O)O)c(-c2cccc3c2OC(F)(F)O3)n1. The van der Waals surface area contributed by atoms with Crippen LogP contribution in [0.1, 0.15) is 10.4 Å². The van der Waals surface area contributed by atoms with Crippen molar-refractivity contribution in [1.29, 1.82) is 0 Å². The summed E-state index contributed by atoms with van der Waals surface area (Å²) in [5, 5.41) is 13.1. The minimum Gasteiger partial charge on any atom is -0.478 e. The predicted molar refractivity (Wildman–Crippen MR) is 61.8 cm³/mol. The van der Waals surface area contributed by atoms with Crippen LogP contribution in [0.4, 0.5) is 8.78 Å². The monoisotopic (exact) mass is 282 g/mol. The highest BCUT2D eigenvalue weighted by atomic mass is 19.3. The zero-order valence-corrected chi connectivity index (χ0v) is 10.1. The molecule has 2 aromatic rings. The van der Waals surface area contributed by atoms with Crippen molar-refractivity contribution < 1.29 is 28.2 Å². The number of ether oxygens (including phenoxy) is 2. The predicted octanol–water partition coefficient (Wildman–Crippen LogP) is 2.11. The van der Waals surface area contributed by atoms with Gasteiger partial charge in [0.25, 0.3) is 0 Å². The second-order valence-corrected chi connectivity index (χ2v) is 4.17. The average Bonchev–Trinajstić information content (AvgIpc) is 2.86. The first-order chi connectivity index (χ1) is 9.37. The number of alkyl halides is 2. The molecule has 1 aromatic heterocycles. The number of aromatic carboxylic acids is 1. The van der Waals surface area contributed by atoms with Gasteiger partial charge in [0.05, 0.1) is 0 Å². The van der Waals surface area contributed by atoms with Crippen LogP contribution < -0.4 is 9.47 Å². The van der Waals surface area contributed by atoms with E-state index in [9.17, 15) is 13.6 Å². The molecule has 1 aliphatic heterocycles. The van der Waals surface area contributed by atoms with Crippen LogP contribution in [0.5, 0.6) is 11.5 Å². The summed E-state index contributed by atoms with van der Waals surface area (Å²) in [5.74, 6) is -1.59. The Morgan fingerprint density at radius 1 is 1.40 bits per heavy atom. The number of para-hydroxylation sites is 1. The molecule has 1 aromatic carbocycles. The third kappa shape index (κ3) is 1.85. The lowest BCUT2D eigenvalue weighted by Crippen LogP contribution is -2.26. The van der Waals surface area contributed by atoms with Crippen molar-refractivity contribution in [3.8, 4) is 22.8 Å². The Bertz CT molecular complexity index is 711. The Balaban J connectivity index is 2.19. The quantitative estimate of drug-likeness (QED) is 0.913. The van der Waals surface area contributed by atoms with Crippen molar-refractivity contribution in [1.82, 2.24) is 9.78 Å². The molecule has 0 fully saturated rings. The molecule has 2 heterocycles. The molecule has 0 bridgehead atoms. The van der Waals surface area contributed by atoms with Crippen molar-refractivity contribution in [2.24, 2.45) is 7.05 Å². The van der Waals surface area contributed by atoms with Gasteiger partial charge in [0.1, 0.15) is 11.3 Å². The van der Waals surface area contributed by atoms with Crippen molar-refractivity contribution in [2.45, 2.75) is 6.29 Å². The van der Waals surface area contributed by atoms with Crippen molar-refractivity contribution in [2.75, 3.05) is 0 Å². The summed E-state index contributed by atoms with van der Waals surface area (Å²) in [5.41, 5.74) is 0.0653. The van der Waals surface area contributed by atoms with Gasteiger partial charge in [-0.05, 0) is 12.1 Å². The van der Waals surface area contributed by atoms with Crippen LogP contribution in [-0.4, -0.2) is 27.2 Å². The van der Waals surface area contributed by atoms with Crippen molar-refractivity contribution in [3.05, 3.63) is 30.0 Å². The first-order valence-corrected chi connectivity index (χ1v) is 5.53. The largest absolute Gasteiger partial charge is 0.586 e. The molecule has 0 spiro atoms. The lowest BCUT2D eigenvalue weighted by atomic mass is 10.1. The topological polar surface area (TPSA) is 73.6 Å². The smallest absolute Gasteiger partial charge is 0.478 e. The molecular formula is C12H8F2N2O4. The Morgan fingerprint density at radius 3 is 2.85 bits per heavy atom. The van der Waals surface area contributed by atoms with Gasteiger partial charge in [-0.15, -0.1) is 8.78 Å². The normalized spacial score (nSPS) is 15.3. The van der Waals surface area contributed by atoms with E-state index in [0.29, 0.717) is 0 Å². The van der Waals surface area contributed by atoms with E-state index >= 15 is 0 Å². The summed E-state index contributed by atoms with van der Waals surface area (Å²) in [7, 11) is 1.53. The first kappa shape index (κ1) is 12.4. The maximum atomic E-state index is 13.1. The summed E-state index contributed by atoms with van der Waals surface area (Å²) in [6.45, 7) is 0. The van der Waals surface area contributed by atoms with Gasteiger partial charge in [-0.2, -0.15) is 5.10 Å². The van der Waals surface area contributed by atoms with E-state index in [1.807, 2.05) is 0 Å². The third-order valence-electron chi connectivity index (χ3n) is 2.74. The van der Waals surface area contributed by atoms with E-state index in [1.165, 1.54) is 36.1 Å². The van der Waals surface area contributed by atoms with Gasteiger partial charge in [0, 0.05) is 18.8 Å². The number of nitrogens with zero attached hydrogens (tertiary/aromatic N) is 2. The number of aromatic nitrogens is 2. The molecule has 1 N–H and O–H groups in total. The second-order valence-electron chi connectivity index (χ2n) is 4.17. The molecule has 0 atom stereocenters. The molecule has 0 unspecified atom stereocenters. The third-order valence-corrected chi connectivity index (χ3v) is 2.74. The molecule has 8 heteroatoms. The van der Waals surface area contributed by atoms with E-state index in [0.717, 1.165) is 0 Å². The number of halogens is 2. The van der Waals surface area contributed by atoms with Crippen LogP contribution in [-0.2, 0) is 7.05 Å². The molecule has 3 rings (SSSR count). The van der Waals surface area contributed by atoms with Crippen LogP contribution in [0, 0.1) is 0 Å². The van der Waals surface area contributed by atoms with E-state index in [4.69, 9.17) is 5.11 Å². The fourth-order valence-electron chi connectivity index (χ4n) is 2.00. The summed E-state index contributed by atoms with van der Waals surface area (Å²) < 4.78 is 36.3. The molecular weight excluding hydrogens is 274 g/mol. The zero-order chi connectivity index (χ0) is 14.5. The first-order valence-electron chi connectivity index (χ1n) is 5.53. The summed E-state index contributed by atoms with van der Waals surface area (Å²) >= 11 is 0. The number of hydrogen-bond acceptors (Lipinski definition) is 4. The highest BCUT2D eigenvalue weighted by molar-refractivity contribution is 5.95. The maximum Gasteiger partial charge on any atom is 0.586 e. The second kappa shape index (κ2) is 3.92. The number of fused-ring (bicyclic) bond motifs is 1. The number of carbonyl (C=O) groups is 1. The van der Waals surface area contributed by atoms with Crippen LogP contribution >= 0.6 is 0 Å². The number of benzene rings is 1. The fraction of sp³-hybridized carbons (Fsp3) is 0.167. The minimum atomic E-state index is -3.77. The Morgan fingerprint density at radius 2 is 2.15 bits per heavy atom. The molecule has 1 aliphatic rings. The van der Waals surface area contributed by atoms with Crippen LogP contribution in [0.25, 0.3) is 11.3 Å². The Kier molecular flexibility index (Phi) is 2.43. The van der Waals surface area contributed by atoms with Crippen LogP contribution in [0.2, 0.25) is 0 Å². The van der Waals surface area contributed by atoms with E-state index < -0.39 is 12.3 Å². The highest BCUT2D eigenvalue weighted by Gasteiger charge is 2.45. The highest BCUT2D eigenvalue weighted by Crippen LogP contribution is 2.47. The zero-order valence-electron chi connectivity index (χ0n) is 10.1. The van der Waals surface area contributed by atoms with Gasteiger partial charge in [0.15, 0.2) is 11.5 Å². The van der Waals surface area contributed by atoms with E-state index in [2.05, 4.69) is 14.6 Å². The Hall–Kier alpha value is -2.64. The lowest BCUT2D eigenvalue weighted by Gasteiger charge is -2.06. The van der Waals surface area contributed by atoms with Gasteiger partial charge < -0.3 is 14.6 Å². The van der Waals surface area contributed by atoms with Gasteiger partial charge in [-0.3, -0.25) is 4.68 Å². The van der Waals surface area contributed by atoms with Gasteiger partial charge in [-0.1, -0.05) is 6.07 Å². The van der Waals surface area contributed by atoms with Crippen LogP contribution in [0.15, 0.2) is 24.4 Å². The standard InChI is InChI=1S/C12H8F2N2O4/c1-16-5-7(11(17)18)9(15-16)6-3-2-4-8-10(6)20-12(13,14)19-8/h2-5H,1H3,(H,17,18). The van der Waals surface area contributed by atoms with E-state index in [1.54, 1.807) is 0 Å². The number of carboxylic acids is 1.